The molecule has 1 aromatic rings. The smallest absolute Gasteiger partial charge is 0.236 e. The summed E-state index contributed by atoms with van der Waals surface area (Å²) >= 11 is 28.0. The molecule has 1 rings (SSSR count). The van der Waals surface area contributed by atoms with Crippen LogP contribution < -0.4 is 4.72 Å². The Bertz CT molecular complexity index is 581. The van der Waals surface area contributed by atoms with Gasteiger partial charge in [-0.25, -0.2) is 8.42 Å². The number of halogens is 5. The summed E-state index contributed by atoms with van der Waals surface area (Å²) in [7, 11) is -3.66. The highest BCUT2D eigenvalue weighted by Crippen LogP contribution is 2.32. The van der Waals surface area contributed by atoms with E-state index in [1.165, 1.54) is 12.1 Å². The van der Waals surface area contributed by atoms with Crippen LogP contribution in [0.3, 0.4) is 0 Å². The first-order valence-electron chi connectivity index (χ1n) is 4.37. The van der Waals surface area contributed by atoms with E-state index >= 15 is 0 Å². The Labute approximate surface area is 130 Å². The van der Waals surface area contributed by atoms with Gasteiger partial charge in [-0.15, -0.1) is 0 Å². The van der Waals surface area contributed by atoms with Crippen molar-refractivity contribution in [3.63, 3.8) is 0 Å². The van der Waals surface area contributed by atoms with Gasteiger partial charge in [-0.1, -0.05) is 58.0 Å². The second-order valence-corrected chi connectivity index (χ2v) is 7.12. The molecule has 0 aliphatic rings. The molecule has 9 heteroatoms. The van der Waals surface area contributed by atoms with Crippen LogP contribution in [0.15, 0.2) is 22.7 Å². The quantitative estimate of drug-likeness (QED) is 0.782. The van der Waals surface area contributed by atoms with E-state index in [4.69, 9.17) is 58.0 Å². The van der Waals surface area contributed by atoms with Crippen LogP contribution in [0.5, 0.6) is 0 Å². The average Bonchev–Trinajstić information content (AvgIpc) is 2.23. The minimum Gasteiger partial charge on any atom is -0.282 e. The number of rotatable bonds is 4. The lowest BCUT2D eigenvalue weighted by atomic mass is 10.3. The van der Waals surface area contributed by atoms with Crippen LogP contribution >= 0.6 is 58.0 Å². The molecule has 0 heterocycles. The van der Waals surface area contributed by atoms with Crippen molar-refractivity contribution in [2.24, 2.45) is 0 Å². The van der Waals surface area contributed by atoms with Crippen molar-refractivity contribution in [1.82, 2.24) is 0 Å². The van der Waals surface area contributed by atoms with Crippen LogP contribution in [-0.2, 0) is 10.0 Å². The standard InChI is InChI=1S/C9H6Cl5NO2S/c10-5-3-7(12)8(4-6(5)11)15-18(16,17)2-1-9(13)14/h1,3-4,15H,2H2. The van der Waals surface area contributed by atoms with E-state index in [9.17, 15) is 8.42 Å². The van der Waals surface area contributed by atoms with E-state index in [2.05, 4.69) is 4.72 Å². The Morgan fingerprint density at radius 3 is 2.22 bits per heavy atom. The van der Waals surface area contributed by atoms with E-state index in [-0.39, 0.29) is 31.0 Å². The highest BCUT2D eigenvalue weighted by atomic mass is 35.5. The topological polar surface area (TPSA) is 46.2 Å². The van der Waals surface area contributed by atoms with Gasteiger partial charge in [0.05, 0.1) is 26.5 Å². The molecule has 0 aliphatic carbocycles. The molecule has 1 aromatic carbocycles. The first kappa shape index (κ1) is 16.2. The SMILES string of the molecule is O=S(=O)(CC=C(Cl)Cl)Nc1cc(Cl)c(Cl)cc1Cl. The fraction of sp³-hybridized carbons (Fsp3) is 0.111. The molecule has 0 bridgehead atoms. The second kappa shape index (κ2) is 6.55. The molecule has 100 valence electrons. The maximum Gasteiger partial charge on any atom is 0.236 e. The maximum absolute atomic E-state index is 11.6. The van der Waals surface area contributed by atoms with Crippen molar-refractivity contribution in [2.75, 3.05) is 10.5 Å². The molecule has 0 amide bonds. The number of benzene rings is 1. The largest absolute Gasteiger partial charge is 0.282 e. The van der Waals surface area contributed by atoms with Crippen molar-refractivity contribution in [2.45, 2.75) is 0 Å². The third-order valence-electron chi connectivity index (χ3n) is 1.73. The Hall–Kier alpha value is 0.160. The van der Waals surface area contributed by atoms with Gasteiger partial charge in [-0.3, -0.25) is 4.72 Å². The van der Waals surface area contributed by atoms with Gasteiger partial charge in [0, 0.05) is 0 Å². The van der Waals surface area contributed by atoms with Gasteiger partial charge in [-0.2, -0.15) is 0 Å². The molecular weight excluding hydrogens is 363 g/mol. The van der Waals surface area contributed by atoms with Gasteiger partial charge in [-0.05, 0) is 18.2 Å². The maximum atomic E-state index is 11.6. The summed E-state index contributed by atoms with van der Waals surface area (Å²) in [6, 6.07) is 2.66. The van der Waals surface area contributed by atoms with Crippen LogP contribution in [0.2, 0.25) is 15.1 Å². The first-order chi connectivity index (χ1) is 8.21. The number of sulfonamides is 1. The zero-order valence-corrected chi connectivity index (χ0v) is 13.1. The Morgan fingerprint density at radius 1 is 1.11 bits per heavy atom. The summed E-state index contributed by atoms with van der Waals surface area (Å²) in [5.41, 5.74) is 0.130. The van der Waals surface area contributed by atoms with E-state index in [1.807, 2.05) is 0 Å². The zero-order valence-electron chi connectivity index (χ0n) is 8.55. The first-order valence-corrected chi connectivity index (χ1v) is 7.91. The third-order valence-corrected chi connectivity index (χ3v) is 4.21. The van der Waals surface area contributed by atoms with Crippen LogP contribution in [0.1, 0.15) is 0 Å². The van der Waals surface area contributed by atoms with Crippen molar-refractivity contribution in [3.8, 4) is 0 Å². The lowest BCUT2D eigenvalue weighted by Gasteiger charge is -2.09. The monoisotopic (exact) mass is 367 g/mol. The lowest BCUT2D eigenvalue weighted by molar-refractivity contribution is 0.604. The molecule has 0 radical (unpaired) electrons. The van der Waals surface area contributed by atoms with E-state index in [0.717, 1.165) is 6.08 Å². The summed E-state index contributed by atoms with van der Waals surface area (Å²) in [5.74, 6) is -0.383. The normalized spacial score (nSPS) is 11.2. The molecule has 0 aliphatic heterocycles. The van der Waals surface area contributed by atoms with Gasteiger partial charge >= 0.3 is 0 Å². The highest BCUT2D eigenvalue weighted by Gasteiger charge is 2.13. The van der Waals surface area contributed by atoms with E-state index in [1.54, 1.807) is 0 Å². The van der Waals surface area contributed by atoms with Crippen molar-refractivity contribution in [1.29, 1.82) is 0 Å². The minimum absolute atomic E-state index is 0.130. The van der Waals surface area contributed by atoms with Crippen LogP contribution in [0, 0.1) is 0 Å². The summed E-state index contributed by atoms with van der Waals surface area (Å²) in [6.45, 7) is 0. The molecule has 0 unspecified atom stereocenters. The molecule has 0 spiro atoms. The van der Waals surface area contributed by atoms with E-state index < -0.39 is 10.0 Å². The Balaban J connectivity index is 2.98. The lowest BCUT2D eigenvalue weighted by Crippen LogP contribution is -2.15. The molecule has 18 heavy (non-hydrogen) atoms. The number of hydrogen-bond acceptors (Lipinski definition) is 2. The van der Waals surface area contributed by atoms with Crippen molar-refractivity contribution < 1.29 is 8.42 Å². The third kappa shape index (κ3) is 5.03. The fourth-order valence-electron chi connectivity index (χ4n) is 0.983. The molecule has 0 fully saturated rings. The molecular formula is C9H6Cl5NO2S. The summed E-state index contributed by atoms with van der Waals surface area (Å²) < 4.78 is 25.4. The number of hydrogen-bond donors (Lipinski definition) is 1. The van der Waals surface area contributed by atoms with Gasteiger partial charge in [0.25, 0.3) is 0 Å². The van der Waals surface area contributed by atoms with Gasteiger partial charge in [0.2, 0.25) is 10.0 Å². The molecule has 0 saturated heterocycles. The zero-order chi connectivity index (χ0) is 13.9. The predicted molar refractivity (Wildman–Crippen MR) is 78.7 cm³/mol. The van der Waals surface area contributed by atoms with Gasteiger partial charge in [0.1, 0.15) is 4.49 Å². The van der Waals surface area contributed by atoms with Crippen LogP contribution in [0.4, 0.5) is 5.69 Å². The number of anilines is 1. The van der Waals surface area contributed by atoms with E-state index in [0.29, 0.717) is 0 Å². The second-order valence-electron chi connectivity index (χ2n) is 3.12. The number of nitrogens with one attached hydrogen (secondary N) is 1. The summed E-state index contributed by atoms with van der Waals surface area (Å²) in [6.07, 6.45) is 1.14. The van der Waals surface area contributed by atoms with Crippen LogP contribution in [-0.4, -0.2) is 14.2 Å². The predicted octanol–water partition coefficient (Wildman–Crippen LogP) is 4.71. The highest BCUT2D eigenvalue weighted by molar-refractivity contribution is 7.92. The molecule has 0 saturated carbocycles. The van der Waals surface area contributed by atoms with Crippen molar-refractivity contribution in [3.05, 3.63) is 37.8 Å². The van der Waals surface area contributed by atoms with Gasteiger partial charge in [0.15, 0.2) is 0 Å². The fourth-order valence-corrected chi connectivity index (χ4v) is 2.94. The minimum atomic E-state index is -3.66. The molecule has 3 nitrogen and oxygen atoms in total. The van der Waals surface area contributed by atoms with Crippen molar-refractivity contribution >= 4 is 73.7 Å². The van der Waals surface area contributed by atoms with Gasteiger partial charge < -0.3 is 0 Å². The Kier molecular flexibility index (Phi) is 5.90. The molecule has 1 N–H and O–H groups in total. The summed E-state index contributed by atoms with van der Waals surface area (Å²) in [4.78, 5) is 0. The van der Waals surface area contributed by atoms with Crippen LogP contribution in [0.25, 0.3) is 0 Å². The molecule has 0 atom stereocenters. The average molecular weight is 369 g/mol. The summed E-state index contributed by atoms with van der Waals surface area (Å²) in [5, 5.41) is 0.548. The molecule has 0 aromatic heterocycles. The Morgan fingerprint density at radius 2 is 1.67 bits per heavy atom.